The number of esters is 1. The van der Waals surface area contributed by atoms with E-state index in [-0.39, 0.29) is 37.2 Å². The quantitative estimate of drug-likeness (QED) is 0.158. The van der Waals surface area contributed by atoms with Crippen LogP contribution in [0.2, 0.25) is 0 Å². The Hall–Kier alpha value is -3.80. The summed E-state index contributed by atoms with van der Waals surface area (Å²) in [6.45, 7) is 1.65. The Morgan fingerprint density at radius 1 is 0.875 bits per heavy atom. The minimum Gasteiger partial charge on any atom is -0.616 e. The van der Waals surface area contributed by atoms with Gasteiger partial charge in [0.1, 0.15) is 11.6 Å². The molecule has 0 amide bonds. The lowest BCUT2D eigenvalue weighted by Crippen LogP contribution is -2.38. The van der Waals surface area contributed by atoms with E-state index in [2.05, 4.69) is 0 Å². The summed E-state index contributed by atoms with van der Waals surface area (Å²) in [4.78, 5) is 52.7. The molecule has 1 atom stereocenters. The predicted octanol–water partition coefficient (Wildman–Crippen LogP) is 6.20. The number of rotatable bonds is 6. The smallest absolute Gasteiger partial charge is 0.353 e. The molecular weight excluding hydrogens is 527 g/mol. The van der Waals surface area contributed by atoms with Crippen LogP contribution in [0.4, 0.5) is 0 Å². The molecular formula is C32H29O7P. The number of methoxy groups -OCH3 is 1. The Kier molecular flexibility index (Phi) is 6.60. The van der Waals surface area contributed by atoms with E-state index in [1.807, 2.05) is 60.7 Å². The number of hydrogen-bond acceptors (Lipinski definition) is 7. The second kappa shape index (κ2) is 9.99. The van der Waals surface area contributed by atoms with Gasteiger partial charge in [0.25, 0.3) is 0 Å². The molecule has 4 aromatic carbocycles. The minimum absolute atomic E-state index is 0.0614. The first kappa shape index (κ1) is 26.4. The van der Waals surface area contributed by atoms with Crippen molar-refractivity contribution in [2.45, 2.75) is 44.7 Å². The van der Waals surface area contributed by atoms with Crippen LogP contribution in [0.1, 0.15) is 39.0 Å². The second-order valence-electron chi connectivity index (χ2n) is 10.7. The van der Waals surface area contributed by atoms with Gasteiger partial charge in [0, 0.05) is 30.4 Å². The lowest BCUT2D eigenvalue weighted by molar-refractivity contribution is -0.206. The van der Waals surface area contributed by atoms with Gasteiger partial charge in [-0.1, -0.05) is 60.7 Å². The van der Waals surface area contributed by atoms with E-state index in [9.17, 15) is 19.3 Å². The van der Waals surface area contributed by atoms with Gasteiger partial charge in [-0.15, -0.1) is 0 Å². The SMILES string of the molecule is COC(=O)C(CCCC1(C)C(=O)CCC1=O)[P+]1([O-])Oc2ccc3ccccc3c2-c2c(ccc3ccccc23)O1. The van der Waals surface area contributed by atoms with Gasteiger partial charge in [0.15, 0.2) is 11.5 Å². The highest BCUT2D eigenvalue weighted by Crippen LogP contribution is 2.64. The van der Waals surface area contributed by atoms with Crippen molar-refractivity contribution in [1.29, 1.82) is 0 Å². The summed E-state index contributed by atoms with van der Waals surface area (Å²) in [7, 11) is -2.99. The summed E-state index contributed by atoms with van der Waals surface area (Å²) < 4.78 is 17.6. The lowest BCUT2D eigenvalue weighted by atomic mass is 9.81. The van der Waals surface area contributed by atoms with Crippen molar-refractivity contribution in [2.24, 2.45) is 5.41 Å². The number of ketones is 2. The summed E-state index contributed by atoms with van der Waals surface area (Å²) in [5, 5.41) is 3.75. The minimum atomic E-state index is -4.22. The van der Waals surface area contributed by atoms with Crippen LogP contribution < -0.4 is 13.9 Å². The van der Waals surface area contributed by atoms with Crippen molar-refractivity contribution in [3.8, 4) is 22.6 Å². The number of Topliss-reactive ketones (excluding diaryl/α,β-unsaturated/α-hetero) is 2. The number of fused-ring (bicyclic) bond motifs is 7. The van der Waals surface area contributed by atoms with Gasteiger partial charge in [-0.25, -0.2) is 4.79 Å². The summed E-state index contributed by atoms with van der Waals surface area (Å²) in [5.74, 6) is -0.230. The van der Waals surface area contributed by atoms with Crippen LogP contribution in [-0.2, 0) is 19.1 Å². The van der Waals surface area contributed by atoms with Crippen LogP contribution >= 0.6 is 7.94 Å². The third-order valence-electron chi connectivity index (χ3n) is 8.30. The maximum Gasteiger partial charge on any atom is 0.353 e. The molecule has 8 heteroatoms. The predicted molar refractivity (Wildman–Crippen MR) is 152 cm³/mol. The zero-order valence-corrected chi connectivity index (χ0v) is 23.2. The molecule has 1 unspecified atom stereocenters. The van der Waals surface area contributed by atoms with E-state index in [1.54, 1.807) is 19.1 Å². The van der Waals surface area contributed by atoms with Crippen LogP contribution in [0.3, 0.4) is 0 Å². The molecule has 0 bridgehead atoms. The van der Waals surface area contributed by atoms with Gasteiger partial charge in [0.2, 0.25) is 5.66 Å². The van der Waals surface area contributed by atoms with E-state index in [1.165, 1.54) is 7.11 Å². The largest absolute Gasteiger partial charge is 0.616 e. The average Bonchev–Trinajstić information content (AvgIpc) is 3.13. The zero-order valence-electron chi connectivity index (χ0n) is 22.3. The molecule has 0 N–H and O–H groups in total. The van der Waals surface area contributed by atoms with Gasteiger partial charge in [-0.2, -0.15) is 0 Å². The van der Waals surface area contributed by atoms with Gasteiger partial charge >= 0.3 is 13.9 Å². The highest BCUT2D eigenvalue weighted by molar-refractivity contribution is 7.61. The molecule has 1 saturated carbocycles. The third kappa shape index (κ3) is 4.25. The summed E-state index contributed by atoms with van der Waals surface area (Å²) in [6.07, 6.45) is 1.07. The standard InChI is InChI=1S/C32H29O7P/c1-32(27(33)17-18-28(32)34)19-7-12-26(31(35)37-2)40(36)38-24-15-13-20-8-3-5-10-22(20)29(24)30-23-11-6-4-9-21(23)14-16-25(30)39-40/h3-6,8-11,13-16,26H,7,12,17-19H2,1-2H3. The van der Waals surface area contributed by atoms with Crippen molar-refractivity contribution >= 4 is 47.0 Å². The molecule has 0 radical (unpaired) electrons. The van der Waals surface area contributed by atoms with Crippen LogP contribution in [0.15, 0.2) is 72.8 Å². The van der Waals surface area contributed by atoms with Crippen LogP contribution in [0.25, 0.3) is 32.7 Å². The number of hydrogen-bond donors (Lipinski definition) is 0. The van der Waals surface area contributed by atoms with E-state index >= 15 is 0 Å². The van der Waals surface area contributed by atoms with E-state index in [4.69, 9.17) is 13.8 Å². The molecule has 204 valence electrons. The zero-order chi connectivity index (χ0) is 28.1. The van der Waals surface area contributed by atoms with Crippen molar-refractivity contribution in [1.82, 2.24) is 0 Å². The first-order valence-corrected chi connectivity index (χ1v) is 15.0. The Morgan fingerprint density at radius 2 is 1.38 bits per heavy atom. The summed E-state index contributed by atoms with van der Waals surface area (Å²) in [6, 6.07) is 23.0. The molecule has 2 aliphatic rings. The molecule has 4 aromatic rings. The molecule has 6 rings (SSSR count). The fraction of sp³-hybridized carbons (Fsp3) is 0.281. The van der Waals surface area contributed by atoms with Gasteiger partial charge in [0.05, 0.1) is 12.5 Å². The number of carbonyl (C=O) groups is 3. The van der Waals surface area contributed by atoms with Gasteiger partial charge < -0.3 is 18.7 Å². The van der Waals surface area contributed by atoms with Crippen molar-refractivity contribution < 1.29 is 33.1 Å². The van der Waals surface area contributed by atoms with Crippen LogP contribution in [0.5, 0.6) is 11.5 Å². The number of carbonyl (C=O) groups excluding carboxylic acids is 3. The molecule has 0 aromatic heterocycles. The van der Waals surface area contributed by atoms with Gasteiger partial charge in [-0.05, 0) is 53.4 Å². The van der Waals surface area contributed by atoms with E-state index in [0.29, 0.717) is 17.9 Å². The van der Waals surface area contributed by atoms with E-state index < -0.39 is 25.0 Å². The Labute approximate surface area is 232 Å². The fourth-order valence-corrected chi connectivity index (χ4v) is 8.00. The lowest BCUT2D eigenvalue weighted by Gasteiger charge is -2.32. The highest BCUT2D eigenvalue weighted by Gasteiger charge is 2.53. The molecule has 0 spiro atoms. The normalized spacial score (nSPS) is 17.9. The van der Waals surface area contributed by atoms with Crippen molar-refractivity contribution in [3.05, 3.63) is 72.8 Å². The highest BCUT2D eigenvalue weighted by atomic mass is 31.2. The molecule has 1 aliphatic carbocycles. The van der Waals surface area contributed by atoms with Crippen molar-refractivity contribution in [2.75, 3.05) is 7.11 Å². The number of ether oxygens (including phenoxy) is 1. The number of benzene rings is 4. The molecule has 40 heavy (non-hydrogen) atoms. The Morgan fingerprint density at radius 3 is 1.88 bits per heavy atom. The first-order valence-electron chi connectivity index (χ1n) is 13.4. The monoisotopic (exact) mass is 556 g/mol. The maximum absolute atomic E-state index is 14.7. The molecule has 0 saturated heterocycles. The Bertz CT molecular complexity index is 1570. The third-order valence-corrected chi connectivity index (χ3v) is 10.4. The Balaban J connectivity index is 1.46. The molecule has 1 heterocycles. The summed E-state index contributed by atoms with van der Waals surface area (Å²) >= 11 is 0. The first-order chi connectivity index (χ1) is 19.2. The van der Waals surface area contributed by atoms with Crippen molar-refractivity contribution in [3.63, 3.8) is 0 Å². The van der Waals surface area contributed by atoms with Gasteiger partial charge in [-0.3, -0.25) is 9.59 Å². The van der Waals surface area contributed by atoms with Crippen LogP contribution in [-0.4, -0.2) is 30.3 Å². The molecule has 1 fully saturated rings. The average molecular weight is 557 g/mol. The fourth-order valence-electron chi connectivity index (χ4n) is 5.99. The maximum atomic E-state index is 14.7. The second-order valence-corrected chi connectivity index (χ2v) is 12.7. The molecule has 1 aliphatic heterocycles. The van der Waals surface area contributed by atoms with E-state index in [0.717, 1.165) is 32.7 Å². The van der Waals surface area contributed by atoms with Crippen LogP contribution in [0, 0.1) is 5.41 Å². The molecule has 7 nitrogen and oxygen atoms in total. The topological polar surface area (TPSA) is 102 Å². The summed E-state index contributed by atoms with van der Waals surface area (Å²) in [5.41, 5.74) is -0.872.